The molecule has 2 aromatic rings. The third-order valence-electron chi connectivity index (χ3n) is 2.35. The molecule has 0 spiro atoms. The minimum atomic E-state index is 0.481. The number of imidazole rings is 1. The van der Waals surface area contributed by atoms with Crippen molar-refractivity contribution in [1.82, 2.24) is 9.38 Å². The molecule has 74 valence electrons. The maximum Gasteiger partial charge on any atom is 0.137 e. The molecule has 0 aliphatic carbocycles. The second-order valence-corrected chi connectivity index (χ2v) is 4.74. The maximum absolute atomic E-state index is 4.56. The average molecular weight is 253 g/mol. The van der Waals surface area contributed by atoms with E-state index in [1.807, 2.05) is 0 Å². The Bertz CT molecular complexity index is 432. The van der Waals surface area contributed by atoms with E-state index >= 15 is 0 Å². The highest BCUT2D eigenvalue weighted by Gasteiger charge is 2.06. The SMILES string of the molecule is Cc1cc2nc(C(C)C)cn2cc1Br. The van der Waals surface area contributed by atoms with Gasteiger partial charge >= 0.3 is 0 Å². The Balaban J connectivity index is 2.66. The van der Waals surface area contributed by atoms with E-state index in [1.165, 1.54) is 5.56 Å². The van der Waals surface area contributed by atoms with Gasteiger partial charge < -0.3 is 4.40 Å². The Morgan fingerprint density at radius 2 is 2.07 bits per heavy atom. The van der Waals surface area contributed by atoms with E-state index in [-0.39, 0.29) is 0 Å². The number of fused-ring (bicyclic) bond motifs is 1. The molecule has 0 unspecified atom stereocenters. The van der Waals surface area contributed by atoms with Crippen LogP contribution >= 0.6 is 15.9 Å². The van der Waals surface area contributed by atoms with Crippen LogP contribution in [0.15, 0.2) is 22.9 Å². The van der Waals surface area contributed by atoms with Crippen LogP contribution in [0.3, 0.4) is 0 Å². The van der Waals surface area contributed by atoms with Crippen molar-refractivity contribution in [1.29, 1.82) is 0 Å². The molecule has 2 heterocycles. The Hall–Kier alpha value is -0.830. The Morgan fingerprint density at radius 3 is 2.71 bits per heavy atom. The molecule has 0 saturated heterocycles. The van der Waals surface area contributed by atoms with Crippen molar-refractivity contribution < 1.29 is 0 Å². The minimum Gasteiger partial charge on any atom is -0.306 e. The van der Waals surface area contributed by atoms with E-state index in [9.17, 15) is 0 Å². The lowest BCUT2D eigenvalue weighted by Crippen LogP contribution is -1.85. The van der Waals surface area contributed by atoms with Crippen LogP contribution in [0.4, 0.5) is 0 Å². The first kappa shape index (κ1) is 9.71. The van der Waals surface area contributed by atoms with Gasteiger partial charge in [0.05, 0.1) is 5.69 Å². The van der Waals surface area contributed by atoms with Crippen molar-refractivity contribution in [2.24, 2.45) is 0 Å². The molecule has 0 aliphatic heterocycles. The maximum atomic E-state index is 4.56. The molecule has 14 heavy (non-hydrogen) atoms. The zero-order valence-corrected chi connectivity index (χ0v) is 10.2. The molecule has 0 fully saturated rings. The van der Waals surface area contributed by atoms with Crippen LogP contribution in [-0.2, 0) is 0 Å². The summed E-state index contributed by atoms with van der Waals surface area (Å²) in [6, 6.07) is 2.09. The summed E-state index contributed by atoms with van der Waals surface area (Å²) < 4.78 is 3.18. The lowest BCUT2D eigenvalue weighted by molar-refractivity contribution is 0.834. The van der Waals surface area contributed by atoms with E-state index in [0.717, 1.165) is 15.8 Å². The first-order valence-electron chi connectivity index (χ1n) is 4.72. The lowest BCUT2D eigenvalue weighted by Gasteiger charge is -1.98. The van der Waals surface area contributed by atoms with Gasteiger partial charge in [0, 0.05) is 16.9 Å². The van der Waals surface area contributed by atoms with E-state index < -0.39 is 0 Å². The van der Waals surface area contributed by atoms with Crippen molar-refractivity contribution in [2.75, 3.05) is 0 Å². The van der Waals surface area contributed by atoms with Crippen LogP contribution in [0, 0.1) is 6.92 Å². The predicted octanol–water partition coefficient (Wildman–Crippen LogP) is 3.53. The second kappa shape index (κ2) is 3.39. The van der Waals surface area contributed by atoms with Gasteiger partial charge in [0.1, 0.15) is 5.65 Å². The van der Waals surface area contributed by atoms with Crippen molar-refractivity contribution in [3.05, 3.63) is 34.2 Å². The molecule has 2 aromatic heterocycles. The van der Waals surface area contributed by atoms with Gasteiger partial charge in [-0.15, -0.1) is 0 Å². The number of aryl methyl sites for hydroxylation is 1. The van der Waals surface area contributed by atoms with E-state index in [4.69, 9.17) is 0 Å². The smallest absolute Gasteiger partial charge is 0.137 e. The quantitative estimate of drug-likeness (QED) is 0.759. The van der Waals surface area contributed by atoms with Crippen LogP contribution in [-0.4, -0.2) is 9.38 Å². The number of hydrogen-bond acceptors (Lipinski definition) is 1. The summed E-state index contributed by atoms with van der Waals surface area (Å²) in [6.45, 7) is 6.39. The first-order valence-corrected chi connectivity index (χ1v) is 5.52. The third kappa shape index (κ3) is 1.57. The van der Waals surface area contributed by atoms with Gasteiger partial charge in [-0.05, 0) is 40.4 Å². The van der Waals surface area contributed by atoms with Gasteiger partial charge in [0.2, 0.25) is 0 Å². The number of halogens is 1. The van der Waals surface area contributed by atoms with Crippen molar-refractivity contribution in [2.45, 2.75) is 26.7 Å². The molecule has 0 bridgehead atoms. The van der Waals surface area contributed by atoms with Crippen LogP contribution in [0.25, 0.3) is 5.65 Å². The third-order valence-corrected chi connectivity index (χ3v) is 3.18. The normalized spacial score (nSPS) is 11.5. The molecule has 0 saturated carbocycles. The van der Waals surface area contributed by atoms with E-state index in [0.29, 0.717) is 5.92 Å². The molecule has 3 heteroatoms. The predicted molar refractivity (Wildman–Crippen MR) is 61.7 cm³/mol. The molecular weight excluding hydrogens is 240 g/mol. The fraction of sp³-hybridized carbons (Fsp3) is 0.364. The second-order valence-electron chi connectivity index (χ2n) is 3.89. The minimum absolute atomic E-state index is 0.481. The molecule has 0 amide bonds. The summed E-state index contributed by atoms with van der Waals surface area (Å²) in [5.41, 5.74) is 3.38. The molecular formula is C11H13BrN2. The zero-order valence-electron chi connectivity index (χ0n) is 8.58. The average Bonchev–Trinajstić information content (AvgIpc) is 2.48. The molecule has 2 rings (SSSR count). The first-order chi connectivity index (χ1) is 6.58. The molecule has 0 aromatic carbocycles. The van der Waals surface area contributed by atoms with Crippen LogP contribution in [0.2, 0.25) is 0 Å². The van der Waals surface area contributed by atoms with Crippen LogP contribution < -0.4 is 0 Å². The summed E-state index contributed by atoms with van der Waals surface area (Å²) in [7, 11) is 0. The monoisotopic (exact) mass is 252 g/mol. The van der Waals surface area contributed by atoms with Gasteiger partial charge in [-0.2, -0.15) is 0 Å². The number of rotatable bonds is 1. The molecule has 0 atom stereocenters. The van der Waals surface area contributed by atoms with Gasteiger partial charge in [-0.3, -0.25) is 0 Å². The number of aromatic nitrogens is 2. The lowest BCUT2D eigenvalue weighted by atomic mass is 10.2. The summed E-state index contributed by atoms with van der Waals surface area (Å²) in [5.74, 6) is 0.481. The molecule has 0 radical (unpaired) electrons. The Morgan fingerprint density at radius 1 is 1.36 bits per heavy atom. The van der Waals surface area contributed by atoms with E-state index in [2.05, 4.69) is 64.5 Å². The highest BCUT2D eigenvalue weighted by molar-refractivity contribution is 9.10. The highest BCUT2D eigenvalue weighted by atomic mass is 79.9. The van der Waals surface area contributed by atoms with Gasteiger partial charge in [0.25, 0.3) is 0 Å². The summed E-state index contributed by atoms with van der Waals surface area (Å²) in [5, 5.41) is 0. The summed E-state index contributed by atoms with van der Waals surface area (Å²) in [4.78, 5) is 4.56. The van der Waals surface area contributed by atoms with Gasteiger partial charge in [-0.1, -0.05) is 13.8 Å². The van der Waals surface area contributed by atoms with E-state index in [1.54, 1.807) is 0 Å². The van der Waals surface area contributed by atoms with Crippen molar-refractivity contribution in [3.8, 4) is 0 Å². The number of hydrogen-bond donors (Lipinski definition) is 0. The molecule has 0 aliphatic rings. The standard InChI is InChI=1S/C11H13BrN2/c1-7(2)10-6-14-5-9(12)8(3)4-11(14)13-10/h4-7H,1-3H3. The summed E-state index contributed by atoms with van der Waals surface area (Å²) >= 11 is 3.51. The largest absolute Gasteiger partial charge is 0.306 e. The Labute approximate surface area is 92.1 Å². The van der Waals surface area contributed by atoms with Crippen molar-refractivity contribution in [3.63, 3.8) is 0 Å². The highest BCUT2D eigenvalue weighted by Crippen LogP contribution is 2.20. The molecule has 0 N–H and O–H groups in total. The molecule has 2 nitrogen and oxygen atoms in total. The van der Waals surface area contributed by atoms with Gasteiger partial charge in [-0.25, -0.2) is 4.98 Å². The van der Waals surface area contributed by atoms with Crippen LogP contribution in [0.1, 0.15) is 31.0 Å². The number of pyridine rings is 1. The number of nitrogens with zero attached hydrogens (tertiary/aromatic N) is 2. The summed E-state index contributed by atoms with van der Waals surface area (Å²) in [6.07, 6.45) is 4.15. The zero-order chi connectivity index (χ0) is 10.3. The fourth-order valence-corrected chi connectivity index (χ4v) is 1.74. The van der Waals surface area contributed by atoms with Gasteiger partial charge in [0.15, 0.2) is 0 Å². The Kier molecular flexibility index (Phi) is 2.35. The topological polar surface area (TPSA) is 17.3 Å². The fourth-order valence-electron chi connectivity index (χ4n) is 1.40. The van der Waals surface area contributed by atoms with Crippen molar-refractivity contribution >= 4 is 21.6 Å². The van der Waals surface area contributed by atoms with Crippen LogP contribution in [0.5, 0.6) is 0 Å².